The minimum atomic E-state index is -0.441. The summed E-state index contributed by atoms with van der Waals surface area (Å²) in [6.07, 6.45) is 5.26. The summed E-state index contributed by atoms with van der Waals surface area (Å²) in [7, 11) is 0. The van der Waals surface area contributed by atoms with E-state index in [0.29, 0.717) is 24.7 Å². The summed E-state index contributed by atoms with van der Waals surface area (Å²) in [6.45, 7) is 0. The number of fused-ring (bicyclic) bond motifs is 3. The third kappa shape index (κ3) is 3.04. The molecule has 0 spiro atoms. The van der Waals surface area contributed by atoms with Crippen LogP contribution < -0.4 is 10.6 Å². The number of aromatic nitrogens is 2. The number of nitrogens with zero attached hydrogens (tertiary/aromatic N) is 2. The Morgan fingerprint density at radius 1 is 1.32 bits per heavy atom. The Labute approximate surface area is 150 Å². The van der Waals surface area contributed by atoms with Crippen molar-refractivity contribution in [2.24, 2.45) is 0 Å². The quantitative estimate of drug-likeness (QED) is 0.824. The molecule has 130 valence electrons. The molecule has 6 nitrogen and oxygen atoms in total. The number of benzene rings is 1. The molecule has 1 aliphatic heterocycles. The SMILES string of the molecule is O=C(CCC1Nc2c3ccccc3nc(=S)n2C1=O)NC1CCCC1. The fraction of sp³-hybridized carbons (Fsp3) is 0.444. The fourth-order valence-electron chi connectivity index (χ4n) is 3.71. The van der Waals surface area contributed by atoms with Crippen molar-refractivity contribution in [2.45, 2.75) is 50.6 Å². The molecule has 1 fully saturated rings. The van der Waals surface area contributed by atoms with Gasteiger partial charge in [-0.15, -0.1) is 0 Å². The van der Waals surface area contributed by atoms with Crippen molar-refractivity contribution in [3.05, 3.63) is 29.0 Å². The van der Waals surface area contributed by atoms with E-state index in [0.717, 1.165) is 23.7 Å². The maximum atomic E-state index is 12.7. The van der Waals surface area contributed by atoms with E-state index >= 15 is 0 Å². The fourth-order valence-corrected chi connectivity index (χ4v) is 3.99. The summed E-state index contributed by atoms with van der Waals surface area (Å²) in [5.74, 6) is 0.567. The molecule has 0 radical (unpaired) electrons. The largest absolute Gasteiger partial charge is 0.359 e. The highest BCUT2D eigenvalue weighted by Crippen LogP contribution is 2.29. The molecule has 2 N–H and O–H groups in total. The van der Waals surface area contributed by atoms with Gasteiger partial charge in [0.05, 0.1) is 5.52 Å². The molecular formula is C18H20N4O2S. The maximum absolute atomic E-state index is 12.7. The lowest BCUT2D eigenvalue weighted by Gasteiger charge is -2.13. The summed E-state index contributed by atoms with van der Waals surface area (Å²) < 4.78 is 1.71. The van der Waals surface area contributed by atoms with Gasteiger partial charge in [0.25, 0.3) is 5.91 Å². The first kappa shape index (κ1) is 16.2. The van der Waals surface area contributed by atoms with Gasteiger partial charge in [0.1, 0.15) is 11.9 Å². The highest BCUT2D eigenvalue weighted by Gasteiger charge is 2.32. The molecule has 1 saturated carbocycles. The van der Waals surface area contributed by atoms with Crippen LogP contribution in [0.25, 0.3) is 10.9 Å². The maximum Gasteiger partial charge on any atom is 0.257 e. The lowest BCUT2D eigenvalue weighted by Crippen LogP contribution is -2.34. The van der Waals surface area contributed by atoms with Crippen molar-refractivity contribution >= 4 is 40.8 Å². The second-order valence-corrected chi connectivity index (χ2v) is 7.08. The van der Waals surface area contributed by atoms with Crippen molar-refractivity contribution in [3.63, 3.8) is 0 Å². The average molecular weight is 356 g/mol. The van der Waals surface area contributed by atoms with E-state index < -0.39 is 6.04 Å². The molecule has 1 aromatic heterocycles. The Hall–Kier alpha value is -2.28. The molecule has 0 saturated heterocycles. The molecule has 1 aromatic carbocycles. The highest BCUT2D eigenvalue weighted by molar-refractivity contribution is 7.71. The van der Waals surface area contributed by atoms with E-state index in [4.69, 9.17) is 12.2 Å². The summed E-state index contributed by atoms with van der Waals surface area (Å²) >= 11 is 5.28. The Morgan fingerprint density at radius 2 is 2.08 bits per heavy atom. The first-order valence-electron chi connectivity index (χ1n) is 8.75. The van der Waals surface area contributed by atoms with Crippen LogP contribution in [0.3, 0.4) is 0 Å². The molecule has 7 heteroatoms. The molecule has 1 aliphatic carbocycles. The predicted octanol–water partition coefficient (Wildman–Crippen LogP) is 3.04. The summed E-state index contributed by atoms with van der Waals surface area (Å²) in [6, 6.07) is 7.45. The molecule has 2 heterocycles. The number of hydrogen-bond acceptors (Lipinski definition) is 5. The first-order valence-corrected chi connectivity index (χ1v) is 9.16. The minimum absolute atomic E-state index is 0.0176. The predicted molar refractivity (Wildman–Crippen MR) is 98.2 cm³/mol. The van der Waals surface area contributed by atoms with Crippen LogP contribution in [0.15, 0.2) is 24.3 Å². The standard InChI is InChI=1S/C18H20N4O2S/c23-15(19-11-5-1-2-6-11)10-9-14-17(24)22-16(20-14)12-7-3-4-8-13(12)21-18(22)25/h3-4,7-8,11,14,20H,1-2,5-6,9-10H2,(H,19,23). The molecular weight excluding hydrogens is 336 g/mol. The van der Waals surface area contributed by atoms with Crippen LogP contribution in [0, 0.1) is 4.77 Å². The van der Waals surface area contributed by atoms with Crippen LogP contribution in [-0.2, 0) is 4.79 Å². The van der Waals surface area contributed by atoms with Gasteiger partial charge in [-0.25, -0.2) is 9.55 Å². The van der Waals surface area contributed by atoms with E-state index in [9.17, 15) is 9.59 Å². The van der Waals surface area contributed by atoms with Gasteiger partial charge in [-0.05, 0) is 43.6 Å². The van der Waals surface area contributed by atoms with Gasteiger partial charge in [-0.3, -0.25) is 9.59 Å². The first-order chi connectivity index (χ1) is 12.1. The van der Waals surface area contributed by atoms with Gasteiger partial charge >= 0.3 is 0 Å². The number of carbonyl (C=O) groups is 2. The number of rotatable bonds is 4. The Morgan fingerprint density at radius 3 is 2.88 bits per heavy atom. The second-order valence-electron chi connectivity index (χ2n) is 6.72. The molecule has 1 unspecified atom stereocenters. The third-order valence-corrected chi connectivity index (χ3v) is 5.27. The van der Waals surface area contributed by atoms with Crippen LogP contribution in [0.4, 0.5) is 5.82 Å². The van der Waals surface area contributed by atoms with Crippen LogP contribution >= 0.6 is 12.2 Å². The van der Waals surface area contributed by atoms with Crippen molar-refractivity contribution in [1.82, 2.24) is 14.9 Å². The number of carbonyl (C=O) groups excluding carboxylic acids is 2. The van der Waals surface area contributed by atoms with Gasteiger partial charge in [0.2, 0.25) is 10.7 Å². The summed E-state index contributed by atoms with van der Waals surface area (Å²) in [4.78, 5) is 29.1. The molecule has 1 amide bonds. The lowest BCUT2D eigenvalue weighted by atomic mass is 10.1. The van der Waals surface area contributed by atoms with Crippen LogP contribution in [0.1, 0.15) is 43.3 Å². The topological polar surface area (TPSA) is 76.0 Å². The number of anilines is 1. The number of hydrogen-bond donors (Lipinski definition) is 2. The molecule has 1 atom stereocenters. The van der Waals surface area contributed by atoms with E-state index in [1.165, 1.54) is 17.4 Å². The van der Waals surface area contributed by atoms with E-state index in [1.807, 2.05) is 24.3 Å². The zero-order valence-electron chi connectivity index (χ0n) is 13.8. The number of para-hydroxylation sites is 1. The van der Waals surface area contributed by atoms with Crippen molar-refractivity contribution in [1.29, 1.82) is 0 Å². The van der Waals surface area contributed by atoms with Crippen molar-refractivity contribution in [3.8, 4) is 0 Å². The van der Waals surface area contributed by atoms with Crippen molar-refractivity contribution < 1.29 is 9.59 Å². The Kier molecular flexibility index (Phi) is 4.25. The highest BCUT2D eigenvalue weighted by atomic mass is 32.1. The van der Waals surface area contributed by atoms with Crippen molar-refractivity contribution in [2.75, 3.05) is 5.32 Å². The Bertz CT molecular complexity index is 902. The summed E-state index contributed by atoms with van der Waals surface area (Å²) in [5.41, 5.74) is 0.763. The van der Waals surface area contributed by atoms with Gasteiger partial charge < -0.3 is 10.6 Å². The van der Waals surface area contributed by atoms with Crippen LogP contribution in [0.2, 0.25) is 0 Å². The van der Waals surface area contributed by atoms with Gasteiger partial charge in [0, 0.05) is 17.8 Å². The lowest BCUT2D eigenvalue weighted by molar-refractivity contribution is -0.121. The monoisotopic (exact) mass is 356 g/mol. The van der Waals surface area contributed by atoms with E-state index in [-0.39, 0.29) is 16.6 Å². The number of amides is 1. The van der Waals surface area contributed by atoms with E-state index in [2.05, 4.69) is 15.6 Å². The third-order valence-electron chi connectivity index (χ3n) is 5.00. The van der Waals surface area contributed by atoms with Crippen LogP contribution in [0.5, 0.6) is 0 Å². The zero-order valence-corrected chi connectivity index (χ0v) is 14.6. The van der Waals surface area contributed by atoms with E-state index in [1.54, 1.807) is 0 Å². The van der Waals surface area contributed by atoms with Gasteiger partial charge in [-0.1, -0.05) is 25.0 Å². The Balaban J connectivity index is 1.48. The normalized spacial score (nSPS) is 19.8. The van der Waals surface area contributed by atoms with Crippen LogP contribution in [-0.4, -0.2) is 33.4 Å². The smallest absolute Gasteiger partial charge is 0.257 e. The minimum Gasteiger partial charge on any atom is -0.359 e. The zero-order chi connectivity index (χ0) is 17.4. The molecule has 2 aromatic rings. The molecule has 4 rings (SSSR count). The molecule has 0 bridgehead atoms. The molecule has 25 heavy (non-hydrogen) atoms. The van der Waals surface area contributed by atoms with Gasteiger partial charge in [0.15, 0.2) is 0 Å². The number of nitrogens with one attached hydrogen (secondary N) is 2. The van der Waals surface area contributed by atoms with Gasteiger partial charge in [-0.2, -0.15) is 0 Å². The average Bonchev–Trinajstić information content (AvgIpc) is 3.21. The second kappa shape index (κ2) is 6.55. The summed E-state index contributed by atoms with van der Waals surface area (Å²) in [5, 5.41) is 7.17. The molecule has 2 aliphatic rings.